The van der Waals surface area contributed by atoms with Gasteiger partial charge >= 0.3 is 5.97 Å². The van der Waals surface area contributed by atoms with Crippen LogP contribution in [0.1, 0.15) is 19.3 Å². The van der Waals surface area contributed by atoms with Gasteiger partial charge in [-0.2, -0.15) is 0 Å². The zero-order chi connectivity index (χ0) is 5.98. The van der Waals surface area contributed by atoms with Crippen molar-refractivity contribution in [3.63, 3.8) is 0 Å². The molecule has 2 heteroatoms. The molecule has 0 amide bonds. The fourth-order valence-electron chi connectivity index (χ4n) is 0.999. The van der Waals surface area contributed by atoms with Crippen molar-refractivity contribution in [3.05, 3.63) is 6.42 Å². The van der Waals surface area contributed by atoms with Crippen LogP contribution in [0.2, 0.25) is 0 Å². The fourth-order valence-corrected chi connectivity index (χ4v) is 0.999. The fraction of sp³-hybridized carbons (Fsp3) is 0.667. The average molecular weight is 113 g/mol. The van der Waals surface area contributed by atoms with Gasteiger partial charge in [-0.3, -0.25) is 4.79 Å². The molecule has 1 saturated carbocycles. The van der Waals surface area contributed by atoms with E-state index in [1.165, 1.54) is 0 Å². The summed E-state index contributed by atoms with van der Waals surface area (Å²) in [5.74, 6) is -0.808. The van der Waals surface area contributed by atoms with Crippen LogP contribution in [0.5, 0.6) is 0 Å². The van der Waals surface area contributed by atoms with Gasteiger partial charge in [-0.05, 0) is 19.3 Å². The molecule has 0 saturated heterocycles. The molecule has 1 fully saturated rings. The van der Waals surface area contributed by atoms with Crippen molar-refractivity contribution in [2.24, 2.45) is 5.92 Å². The van der Waals surface area contributed by atoms with Crippen LogP contribution in [0.25, 0.3) is 0 Å². The summed E-state index contributed by atoms with van der Waals surface area (Å²) in [5, 5.41) is 8.38. The van der Waals surface area contributed by atoms with E-state index in [4.69, 9.17) is 5.11 Å². The van der Waals surface area contributed by atoms with Crippen molar-refractivity contribution in [2.75, 3.05) is 0 Å². The maximum Gasteiger partial charge on any atom is 0.306 e. The maximum absolute atomic E-state index is 10.2. The predicted molar refractivity (Wildman–Crippen MR) is 29.3 cm³/mol. The lowest BCUT2D eigenvalue weighted by Crippen LogP contribution is -2.08. The lowest BCUT2D eigenvalue weighted by Gasteiger charge is -1.96. The maximum atomic E-state index is 10.2. The Bertz CT molecular complexity index is 92.7. The second kappa shape index (κ2) is 2.16. The topological polar surface area (TPSA) is 37.3 Å². The van der Waals surface area contributed by atoms with Gasteiger partial charge in [0, 0.05) is 0 Å². The first kappa shape index (κ1) is 5.60. The third-order valence-electron chi connectivity index (χ3n) is 1.49. The van der Waals surface area contributed by atoms with Crippen molar-refractivity contribution in [1.29, 1.82) is 0 Å². The molecule has 0 aromatic rings. The summed E-state index contributed by atoms with van der Waals surface area (Å²) in [6.45, 7) is 0. The molecule has 0 unspecified atom stereocenters. The van der Waals surface area contributed by atoms with E-state index in [-0.39, 0.29) is 5.92 Å². The van der Waals surface area contributed by atoms with Crippen molar-refractivity contribution >= 4 is 5.97 Å². The monoisotopic (exact) mass is 113 g/mol. The van der Waals surface area contributed by atoms with Crippen LogP contribution in [-0.2, 0) is 4.79 Å². The van der Waals surface area contributed by atoms with E-state index in [0.29, 0.717) is 0 Å². The van der Waals surface area contributed by atoms with Crippen molar-refractivity contribution < 1.29 is 9.90 Å². The standard InChI is InChI=1S/C6H9O2/c7-6(8)5-3-1-2-4-5/h3,5H,1-2,4H2,(H,7,8)/t5-/m0/s1. The van der Waals surface area contributed by atoms with Gasteiger partial charge < -0.3 is 5.11 Å². The molecule has 1 N–H and O–H groups in total. The Morgan fingerprint density at radius 1 is 1.75 bits per heavy atom. The Hall–Kier alpha value is -0.530. The molecule has 1 aliphatic rings. The highest BCUT2D eigenvalue weighted by Gasteiger charge is 2.21. The Morgan fingerprint density at radius 2 is 2.50 bits per heavy atom. The quantitative estimate of drug-likeness (QED) is 0.552. The number of hydrogen-bond donors (Lipinski definition) is 1. The van der Waals surface area contributed by atoms with Crippen LogP contribution in [0.15, 0.2) is 0 Å². The van der Waals surface area contributed by atoms with E-state index >= 15 is 0 Å². The molecule has 45 valence electrons. The number of hydrogen-bond acceptors (Lipinski definition) is 1. The van der Waals surface area contributed by atoms with Crippen molar-refractivity contribution in [1.82, 2.24) is 0 Å². The van der Waals surface area contributed by atoms with Gasteiger partial charge in [0.2, 0.25) is 0 Å². The molecular formula is C6H9O2. The lowest BCUT2D eigenvalue weighted by molar-refractivity contribution is -0.140. The molecule has 0 aromatic heterocycles. The molecule has 0 bridgehead atoms. The molecule has 0 aliphatic heterocycles. The summed E-state index contributed by atoms with van der Waals surface area (Å²) in [4.78, 5) is 10.2. The summed E-state index contributed by atoms with van der Waals surface area (Å²) in [7, 11) is 0. The van der Waals surface area contributed by atoms with Gasteiger partial charge in [-0.25, -0.2) is 0 Å². The Labute approximate surface area is 48.5 Å². The third kappa shape index (κ3) is 0.997. The number of carboxylic acids is 1. The second-order valence-corrected chi connectivity index (χ2v) is 2.11. The van der Waals surface area contributed by atoms with E-state index in [1.54, 1.807) is 0 Å². The van der Waals surface area contributed by atoms with E-state index in [0.717, 1.165) is 19.3 Å². The minimum absolute atomic E-state index is 0.144. The highest BCUT2D eigenvalue weighted by atomic mass is 16.4. The first-order valence-electron chi connectivity index (χ1n) is 2.87. The zero-order valence-corrected chi connectivity index (χ0v) is 4.63. The number of carboxylic acid groups (broad SMARTS) is 1. The summed E-state index contributed by atoms with van der Waals surface area (Å²) in [5.41, 5.74) is 0. The smallest absolute Gasteiger partial charge is 0.306 e. The Morgan fingerprint density at radius 3 is 2.75 bits per heavy atom. The molecule has 0 aromatic carbocycles. The molecule has 1 atom stereocenters. The SMILES string of the molecule is O=C(O)[C@H]1[CH]CCC1. The average Bonchev–Trinajstić information content (AvgIpc) is 2.12. The van der Waals surface area contributed by atoms with E-state index in [1.807, 2.05) is 6.42 Å². The molecule has 0 heterocycles. The minimum Gasteiger partial charge on any atom is -0.481 e. The first-order chi connectivity index (χ1) is 3.80. The molecule has 1 aliphatic carbocycles. The van der Waals surface area contributed by atoms with Gasteiger partial charge in [0.25, 0.3) is 0 Å². The van der Waals surface area contributed by atoms with E-state index < -0.39 is 5.97 Å². The summed E-state index contributed by atoms with van der Waals surface area (Å²) >= 11 is 0. The molecular weight excluding hydrogens is 104 g/mol. The van der Waals surface area contributed by atoms with Gasteiger partial charge in [-0.1, -0.05) is 6.42 Å². The van der Waals surface area contributed by atoms with Crippen LogP contribution in [0.4, 0.5) is 0 Å². The lowest BCUT2D eigenvalue weighted by atomic mass is 10.1. The number of aliphatic carboxylic acids is 1. The van der Waals surface area contributed by atoms with Crippen LogP contribution in [0.3, 0.4) is 0 Å². The van der Waals surface area contributed by atoms with E-state index in [9.17, 15) is 4.79 Å². The molecule has 0 spiro atoms. The second-order valence-electron chi connectivity index (χ2n) is 2.11. The third-order valence-corrected chi connectivity index (χ3v) is 1.49. The van der Waals surface area contributed by atoms with Crippen LogP contribution < -0.4 is 0 Å². The highest BCUT2D eigenvalue weighted by molar-refractivity contribution is 5.71. The van der Waals surface area contributed by atoms with Crippen molar-refractivity contribution in [3.8, 4) is 0 Å². The highest BCUT2D eigenvalue weighted by Crippen LogP contribution is 2.23. The van der Waals surface area contributed by atoms with Gasteiger partial charge in [0.05, 0.1) is 5.92 Å². The minimum atomic E-state index is -0.664. The first-order valence-corrected chi connectivity index (χ1v) is 2.87. The Balaban J connectivity index is 2.35. The van der Waals surface area contributed by atoms with Crippen LogP contribution in [-0.4, -0.2) is 11.1 Å². The van der Waals surface area contributed by atoms with Gasteiger partial charge in [-0.15, -0.1) is 0 Å². The van der Waals surface area contributed by atoms with Gasteiger partial charge in [0.1, 0.15) is 0 Å². The normalized spacial score (nSPS) is 21.5. The Kier molecular flexibility index (Phi) is 1.51. The summed E-state index contributed by atoms with van der Waals surface area (Å²) in [6, 6.07) is 0. The van der Waals surface area contributed by atoms with Crippen LogP contribution >= 0.6 is 0 Å². The van der Waals surface area contributed by atoms with Crippen molar-refractivity contribution in [2.45, 2.75) is 19.3 Å². The predicted octanol–water partition coefficient (Wildman–Crippen LogP) is 1.08. The zero-order valence-electron chi connectivity index (χ0n) is 4.63. The summed E-state index contributed by atoms with van der Waals surface area (Å²) < 4.78 is 0. The van der Waals surface area contributed by atoms with Gasteiger partial charge in [0.15, 0.2) is 0 Å². The largest absolute Gasteiger partial charge is 0.481 e. The molecule has 8 heavy (non-hydrogen) atoms. The molecule has 1 radical (unpaired) electrons. The summed E-state index contributed by atoms with van der Waals surface area (Å²) in [6.07, 6.45) is 4.76. The van der Waals surface area contributed by atoms with E-state index in [2.05, 4.69) is 0 Å². The molecule has 2 nitrogen and oxygen atoms in total. The molecule has 1 rings (SSSR count). The number of rotatable bonds is 1. The van der Waals surface area contributed by atoms with Crippen LogP contribution in [0, 0.1) is 12.3 Å². The number of carbonyl (C=O) groups is 1.